The first kappa shape index (κ1) is 15.3. The standard InChI is InChI=1S/C19H17N3O3/c23-19(16-11-20-12-22(16)15-4-2-1-3-5-15)21-9-8-14-6-7-17-18(10-14)25-13-24-17/h1-7,10-12H,8-9,13H2,(H,21,23). The Morgan fingerprint density at radius 3 is 2.84 bits per heavy atom. The monoisotopic (exact) mass is 335 g/mol. The Morgan fingerprint density at radius 1 is 1.12 bits per heavy atom. The van der Waals surface area contributed by atoms with Crippen molar-refractivity contribution in [2.45, 2.75) is 6.42 Å². The van der Waals surface area contributed by atoms with Gasteiger partial charge in [-0.1, -0.05) is 24.3 Å². The second kappa shape index (κ2) is 6.68. The van der Waals surface area contributed by atoms with Crippen molar-refractivity contribution in [3.8, 4) is 17.2 Å². The summed E-state index contributed by atoms with van der Waals surface area (Å²) < 4.78 is 12.4. The number of rotatable bonds is 5. The molecule has 0 unspecified atom stereocenters. The molecule has 4 rings (SSSR count). The molecule has 25 heavy (non-hydrogen) atoms. The molecule has 1 amide bonds. The Morgan fingerprint density at radius 2 is 1.96 bits per heavy atom. The topological polar surface area (TPSA) is 65.4 Å². The Hall–Kier alpha value is -3.28. The van der Waals surface area contributed by atoms with Crippen LogP contribution in [-0.4, -0.2) is 28.8 Å². The highest BCUT2D eigenvalue weighted by atomic mass is 16.7. The van der Waals surface area contributed by atoms with Gasteiger partial charge in [-0.05, 0) is 36.2 Å². The van der Waals surface area contributed by atoms with E-state index in [0.717, 1.165) is 22.7 Å². The van der Waals surface area contributed by atoms with Crippen molar-refractivity contribution in [1.29, 1.82) is 0 Å². The van der Waals surface area contributed by atoms with Crippen molar-refractivity contribution >= 4 is 5.91 Å². The summed E-state index contributed by atoms with van der Waals surface area (Å²) in [6, 6.07) is 15.5. The number of carbonyl (C=O) groups excluding carboxylic acids is 1. The summed E-state index contributed by atoms with van der Waals surface area (Å²) in [6.45, 7) is 0.789. The summed E-state index contributed by atoms with van der Waals surface area (Å²) in [4.78, 5) is 16.6. The van der Waals surface area contributed by atoms with Crippen LogP contribution in [0.2, 0.25) is 0 Å². The Kier molecular flexibility index (Phi) is 4.08. The van der Waals surface area contributed by atoms with Crippen LogP contribution in [0, 0.1) is 0 Å². The van der Waals surface area contributed by atoms with E-state index < -0.39 is 0 Å². The molecule has 0 fully saturated rings. The molecule has 2 heterocycles. The Balaban J connectivity index is 1.39. The molecule has 0 saturated carbocycles. The van der Waals surface area contributed by atoms with Crippen molar-refractivity contribution < 1.29 is 14.3 Å². The van der Waals surface area contributed by atoms with Gasteiger partial charge in [0.05, 0.1) is 12.5 Å². The third kappa shape index (κ3) is 3.19. The van der Waals surface area contributed by atoms with E-state index in [1.807, 2.05) is 48.5 Å². The third-order valence-corrected chi connectivity index (χ3v) is 4.04. The predicted octanol–water partition coefficient (Wildman–Crippen LogP) is 2.57. The minimum Gasteiger partial charge on any atom is -0.454 e. The first-order valence-electron chi connectivity index (χ1n) is 8.06. The van der Waals surface area contributed by atoms with Crippen LogP contribution >= 0.6 is 0 Å². The quantitative estimate of drug-likeness (QED) is 0.778. The lowest BCUT2D eigenvalue weighted by atomic mass is 10.1. The zero-order valence-corrected chi connectivity index (χ0v) is 13.5. The van der Waals surface area contributed by atoms with Crippen LogP contribution in [0.3, 0.4) is 0 Å². The molecule has 3 aromatic rings. The number of nitrogens with zero attached hydrogens (tertiary/aromatic N) is 2. The molecule has 126 valence electrons. The number of carbonyl (C=O) groups is 1. The molecule has 0 bridgehead atoms. The van der Waals surface area contributed by atoms with Crippen molar-refractivity contribution in [3.63, 3.8) is 0 Å². The Bertz CT molecular complexity index is 890. The SMILES string of the molecule is O=C(NCCc1ccc2c(c1)OCO2)c1cncn1-c1ccccc1. The second-order valence-corrected chi connectivity index (χ2v) is 5.68. The highest BCUT2D eigenvalue weighted by Gasteiger charge is 2.14. The summed E-state index contributed by atoms with van der Waals surface area (Å²) in [5, 5.41) is 2.94. The fourth-order valence-corrected chi connectivity index (χ4v) is 2.76. The van der Waals surface area contributed by atoms with Gasteiger partial charge < -0.3 is 14.8 Å². The average Bonchev–Trinajstić information content (AvgIpc) is 3.31. The maximum atomic E-state index is 12.5. The van der Waals surface area contributed by atoms with Gasteiger partial charge in [-0.2, -0.15) is 0 Å². The lowest BCUT2D eigenvalue weighted by Gasteiger charge is -2.09. The average molecular weight is 335 g/mol. The molecule has 1 aliphatic heterocycles. The van der Waals surface area contributed by atoms with E-state index in [1.54, 1.807) is 17.1 Å². The lowest BCUT2D eigenvalue weighted by molar-refractivity contribution is 0.0947. The molecule has 1 N–H and O–H groups in total. The van der Waals surface area contributed by atoms with E-state index >= 15 is 0 Å². The number of aromatic nitrogens is 2. The number of imidazole rings is 1. The molecule has 0 aliphatic carbocycles. The van der Waals surface area contributed by atoms with E-state index in [9.17, 15) is 4.79 Å². The largest absolute Gasteiger partial charge is 0.454 e. The fraction of sp³-hybridized carbons (Fsp3) is 0.158. The van der Waals surface area contributed by atoms with Crippen LogP contribution in [-0.2, 0) is 6.42 Å². The van der Waals surface area contributed by atoms with Crippen molar-refractivity contribution in [3.05, 3.63) is 72.3 Å². The molecule has 0 radical (unpaired) electrons. The zero-order valence-electron chi connectivity index (χ0n) is 13.5. The number of para-hydroxylation sites is 1. The zero-order chi connectivity index (χ0) is 17.1. The summed E-state index contributed by atoms with van der Waals surface area (Å²) in [6.07, 6.45) is 3.92. The van der Waals surface area contributed by atoms with E-state index in [1.165, 1.54) is 0 Å². The van der Waals surface area contributed by atoms with Gasteiger partial charge in [-0.3, -0.25) is 9.36 Å². The number of nitrogens with one attached hydrogen (secondary N) is 1. The van der Waals surface area contributed by atoms with E-state index in [4.69, 9.17) is 9.47 Å². The molecule has 0 spiro atoms. The van der Waals surface area contributed by atoms with Gasteiger partial charge in [0.2, 0.25) is 6.79 Å². The van der Waals surface area contributed by atoms with Gasteiger partial charge >= 0.3 is 0 Å². The normalized spacial score (nSPS) is 12.2. The summed E-state index contributed by atoms with van der Waals surface area (Å²) in [5.41, 5.74) is 2.50. The third-order valence-electron chi connectivity index (χ3n) is 4.04. The molecular formula is C19H17N3O3. The summed E-state index contributed by atoms with van der Waals surface area (Å²) in [5.74, 6) is 1.37. The predicted molar refractivity (Wildman–Crippen MR) is 92.2 cm³/mol. The molecule has 0 saturated heterocycles. The van der Waals surface area contributed by atoms with E-state index in [2.05, 4.69) is 10.3 Å². The fourth-order valence-electron chi connectivity index (χ4n) is 2.76. The molecule has 1 aromatic heterocycles. The smallest absolute Gasteiger partial charge is 0.269 e. The van der Waals surface area contributed by atoms with E-state index in [0.29, 0.717) is 18.7 Å². The highest BCUT2D eigenvalue weighted by molar-refractivity contribution is 5.93. The van der Waals surface area contributed by atoms with Gasteiger partial charge in [0.25, 0.3) is 5.91 Å². The van der Waals surface area contributed by atoms with Crippen LogP contribution < -0.4 is 14.8 Å². The van der Waals surface area contributed by atoms with Crippen LogP contribution in [0.25, 0.3) is 5.69 Å². The number of fused-ring (bicyclic) bond motifs is 1. The number of ether oxygens (including phenoxy) is 2. The molecule has 0 atom stereocenters. The molecular weight excluding hydrogens is 318 g/mol. The molecule has 6 heteroatoms. The van der Waals surface area contributed by atoms with Gasteiger partial charge in [0.1, 0.15) is 5.69 Å². The number of hydrogen-bond acceptors (Lipinski definition) is 4. The number of hydrogen-bond donors (Lipinski definition) is 1. The van der Waals surface area contributed by atoms with E-state index in [-0.39, 0.29) is 12.7 Å². The number of benzene rings is 2. The van der Waals surface area contributed by atoms with Crippen molar-refractivity contribution in [2.75, 3.05) is 13.3 Å². The lowest BCUT2D eigenvalue weighted by Crippen LogP contribution is -2.27. The van der Waals surface area contributed by atoms with Crippen molar-refractivity contribution in [2.24, 2.45) is 0 Å². The van der Waals surface area contributed by atoms with Crippen LogP contribution in [0.15, 0.2) is 61.1 Å². The van der Waals surface area contributed by atoms with Crippen LogP contribution in [0.5, 0.6) is 11.5 Å². The van der Waals surface area contributed by atoms with Gasteiger partial charge in [-0.25, -0.2) is 4.98 Å². The molecule has 2 aromatic carbocycles. The van der Waals surface area contributed by atoms with Gasteiger partial charge in [-0.15, -0.1) is 0 Å². The van der Waals surface area contributed by atoms with Crippen LogP contribution in [0.1, 0.15) is 16.1 Å². The number of amides is 1. The van der Waals surface area contributed by atoms with Gasteiger partial charge in [0, 0.05) is 12.2 Å². The second-order valence-electron chi connectivity index (χ2n) is 5.68. The van der Waals surface area contributed by atoms with Crippen molar-refractivity contribution in [1.82, 2.24) is 14.9 Å². The van der Waals surface area contributed by atoms with Crippen LogP contribution in [0.4, 0.5) is 0 Å². The highest BCUT2D eigenvalue weighted by Crippen LogP contribution is 2.32. The van der Waals surface area contributed by atoms with Gasteiger partial charge in [0.15, 0.2) is 11.5 Å². The minimum absolute atomic E-state index is 0.151. The maximum Gasteiger partial charge on any atom is 0.269 e. The first-order chi connectivity index (χ1) is 12.3. The Labute approximate surface area is 145 Å². The maximum absolute atomic E-state index is 12.5. The summed E-state index contributed by atoms with van der Waals surface area (Å²) >= 11 is 0. The first-order valence-corrected chi connectivity index (χ1v) is 8.06. The molecule has 6 nitrogen and oxygen atoms in total. The minimum atomic E-state index is -0.151. The molecule has 1 aliphatic rings. The summed E-state index contributed by atoms with van der Waals surface area (Å²) in [7, 11) is 0.